The molecule has 0 fully saturated rings. The van der Waals surface area contributed by atoms with Crippen LogP contribution in [0, 0.1) is 6.92 Å². The van der Waals surface area contributed by atoms with E-state index in [1.165, 1.54) is 0 Å². The Labute approximate surface area is 79.3 Å². The Bertz CT molecular complexity index is 316. The van der Waals surface area contributed by atoms with E-state index in [1.54, 1.807) is 0 Å². The van der Waals surface area contributed by atoms with Gasteiger partial charge in [-0.05, 0) is 46.7 Å². The predicted molar refractivity (Wildman–Crippen MR) is 53.6 cm³/mol. The number of nitrogens with zero attached hydrogens (tertiary/aromatic N) is 1. The summed E-state index contributed by atoms with van der Waals surface area (Å²) in [6, 6.07) is 5.83. The highest BCUT2D eigenvalue weighted by molar-refractivity contribution is 9.10. The second-order valence-corrected chi connectivity index (χ2v) is 3.09. The van der Waals surface area contributed by atoms with Gasteiger partial charge in [0.25, 0.3) is 0 Å². The van der Waals surface area contributed by atoms with Gasteiger partial charge in [-0.15, -0.1) is 0 Å². The lowest BCUT2D eigenvalue weighted by Crippen LogP contribution is -1.74. The van der Waals surface area contributed by atoms with E-state index in [-0.39, 0.29) is 0 Å². The Morgan fingerprint density at radius 2 is 2.27 bits per heavy atom. The van der Waals surface area contributed by atoms with Crippen LogP contribution in [0.1, 0.15) is 5.56 Å². The number of thiocarbonyl (C=S) groups is 1. The van der Waals surface area contributed by atoms with Crippen LogP contribution in [-0.2, 0) is 0 Å². The molecule has 3 heteroatoms. The van der Waals surface area contributed by atoms with Crippen molar-refractivity contribution in [2.24, 2.45) is 4.99 Å². The van der Waals surface area contributed by atoms with Crippen molar-refractivity contribution >= 4 is 39.0 Å². The van der Waals surface area contributed by atoms with Crippen molar-refractivity contribution in [3.8, 4) is 0 Å². The number of aryl methyl sites for hydroxylation is 1. The predicted octanol–water partition coefficient (Wildman–Crippen LogP) is 3.49. The molecule has 0 spiro atoms. The lowest BCUT2D eigenvalue weighted by atomic mass is 10.2. The van der Waals surface area contributed by atoms with E-state index in [0.29, 0.717) is 0 Å². The average Bonchev–Trinajstić information content (AvgIpc) is 1.99. The first-order valence-electron chi connectivity index (χ1n) is 3.08. The van der Waals surface area contributed by atoms with Gasteiger partial charge in [0.05, 0.1) is 10.8 Å². The van der Waals surface area contributed by atoms with Gasteiger partial charge in [0.2, 0.25) is 0 Å². The minimum absolute atomic E-state index is 0.833. The SMILES string of the molecule is Cc1cccc(N=C=S)c1Br. The summed E-state index contributed by atoms with van der Waals surface area (Å²) in [6.07, 6.45) is 0. The van der Waals surface area contributed by atoms with Gasteiger partial charge in [-0.3, -0.25) is 0 Å². The molecule has 1 nitrogen and oxygen atoms in total. The largest absolute Gasteiger partial charge is 0.194 e. The number of hydrogen-bond donors (Lipinski definition) is 0. The maximum Gasteiger partial charge on any atom is 0.0884 e. The molecule has 0 aliphatic carbocycles. The van der Waals surface area contributed by atoms with Crippen molar-refractivity contribution in [1.82, 2.24) is 0 Å². The van der Waals surface area contributed by atoms with Gasteiger partial charge in [0.15, 0.2) is 0 Å². The summed E-state index contributed by atoms with van der Waals surface area (Å²) in [7, 11) is 0. The number of rotatable bonds is 1. The Morgan fingerprint density at radius 3 is 2.91 bits per heavy atom. The monoisotopic (exact) mass is 227 g/mol. The first kappa shape index (κ1) is 8.60. The highest BCUT2D eigenvalue weighted by atomic mass is 79.9. The summed E-state index contributed by atoms with van der Waals surface area (Å²) in [5.74, 6) is 0. The van der Waals surface area contributed by atoms with Crippen molar-refractivity contribution in [3.05, 3.63) is 28.2 Å². The maximum absolute atomic E-state index is 4.50. The van der Waals surface area contributed by atoms with Crippen LogP contribution in [0.2, 0.25) is 0 Å². The number of isothiocyanates is 1. The van der Waals surface area contributed by atoms with Crippen molar-refractivity contribution in [2.45, 2.75) is 6.92 Å². The lowest BCUT2D eigenvalue weighted by Gasteiger charge is -1.98. The third-order valence-corrected chi connectivity index (χ3v) is 2.46. The molecule has 0 saturated carbocycles. The molecule has 0 aliphatic heterocycles. The summed E-state index contributed by atoms with van der Waals surface area (Å²) < 4.78 is 0.984. The van der Waals surface area contributed by atoms with E-state index in [1.807, 2.05) is 25.1 Å². The first-order chi connectivity index (χ1) is 5.25. The molecule has 0 amide bonds. The van der Waals surface area contributed by atoms with Crippen molar-refractivity contribution in [1.29, 1.82) is 0 Å². The molecular formula is C8H6BrNS. The Balaban J connectivity index is 3.26. The van der Waals surface area contributed by atoms with Crippen molar-refractivity contribution in [3.63, 3.8) is 0 Å². The zero-order valence-electron chi connectivity index (χ0n) is 5.97. The summed E-state index contributed by atoms with van der Waals surface area (Å²) in [5.41, 5.74) is 1.98. The Morgan fingerprint density at radius 1 is 1.55 bits per heavy atom. The van der Waals surface area contributed by atoms with Gasteiger partial charge in [-0.25, -0.2) is 0 Å². The van der Waals surface area contributed by atoms with E-state index in [4.69, 9.17) is 0 Å². The molecule has 0 aromatic heterocycles. The molecule has 11 heavy (non-hydrogen) atoms. The van der Waals surface area contributed by atoms with Crippen LogP contribution in [0.5, 0.6) is 0 Å². The molecule has 0 bridgehead atoms. The number of aliphatic imine (C=N–C) groups is 1. The topological polar surface area (TPSA) is 12.4 Å². The molecule has 0 N–H and O–H groups in total. The quantitative estimate of drug-likeness (QED) is 0.529. The highest BCUT2D eigenvalue weighted by Crippen LogP contribution is 2.27. The van der Waals surface area contributed by atoms with Gasteiger partial charge in [0, 0.05) is 4.47 Å². The second kappa shape index (κ2) is 3.77. The van der Waals surface area contributed by atoms with E-state index in [0.717, 1.165) is 15.7 Å². The zero-order valence-corrected chi connectivity index (χ0v) is 8.37. The molecule has 56 valence electrons. The van der Waals surface area contributed by atoms with Crippen LogP contribution in [0.4, 0.5) is 5.69 Å². The van der Waals surface area contributed by atoms with E-state index in [2.05, 4.69) is 38.3 Å². The van der Waals surface area contributed by atoms with Gasteiger partial charge in [-0.2, -0.15) is 4.99 Å². The molecule has 0 aliphatic rings. The van der Waals surface area contributed by atoms with Crippen LogP contribution in [0.15, 0.2) is 27.7 Å². The molecule has 0 heterocycles. The highest BCUT2D eigenvalue weighted by Gasteiger charge is 1.98. The fraction of sp³-hybridized carbons (Fsp3) is 0.125. The zero-order chi connectivity index (χ0) is 8.27. The third-order valence-electron chi connectivity index (χ3n) is 1.34. The number of benzene rings is 1. The van der Waals surface area contributed by atoms with Crippen LogP contribution in [-0.4, -0.2) is 5.16 Å². The summed E-state index contributed by atoms with van der Waals surface area (Å²) in [4.78, 5) is 3.88. The Kier molecular flexibility index (Phi) is 2.94. The van der Waals surface area contributed by atoms with Crippen LogP contribution in [0.3, 0.4) is 0 Å². The smallest absolute Gasteiger partial charge is 0.0884 e. The van der Waals surface area contributed by atoms with E-state index < -0.39 is 0 Å². The fourth-order valence-electron chi connectivity index (χ4n) is 0.767. The van der Waals surface area contributed by atoms with Gasteiger partial charge in [0.1, 0.15) is 0 Å². The lowest BCUT2D eigenvalue weighted by molar-refractivity contribution is 1.40. The molecule has 1 aromatic carbocycles. The summed E-state index contributed by atoms with van der Waals surface area (Å²) >= 11 is 7.90. The van der Waals surface area contributed by atoms with Gasteiger partial charge in [-0.1, -0.05) is 12.1 Å². The van der Waals surface area contributed by atoms with Crippen LogP contribution < -0.4 is 0 Å². The van der Waals surface area contributed by atoms with Crippen molar-refractivity contribution in [2.75, 3.05) is 0 Å². The molecule has 0 atom stereocenters. The van der Waals surface area contributed by atoms with Gasteiger partial charge < -0.3 is 0 Å². The summed E-state index contributed by atoms with van der Waals surface area (Å²) in [5, 5.41) is 2.33. The third kappa shape index (κ3) is 1.96. The van der Waals surface area contributed by atoms with Crippen LogP contribution >= 0.6 is 28.1 Å². The number of halogens is 1. The number of hydrogen-bond acceptors (Lipinski definition) is 2. The minimum Gasteiger partial charge on any atom is -0.194 e. The molecular weight excluding hydrogens is 222 g/mol. The van der Waals surface area contributed by atoms with Crippen molar-refractivity contribution < 1.29 is 0 Å². The molecule has 0 unspecified atom stereocenters. The molecule has 1 rings (SSSR count). The Hall–Kier alpha value is -0.500. The van der Waals surface area contributed by atoms with E-state index >= 15 is 0 Å². The first-order valence-corrected chi connectivity index (χ1v) is 4.29. The summed E-state index contributed by atoms with van der Waals surface area (Å²) in [6.45, 7) is 2.01. The minimum atomic E-state index is 0.833. The van der Waals surface area contributed by atoms with Gasteiger partial charge >= 0.3 is 0 Å². The fourth-order valence-corrected chi connectivity index (χ4v) is 1.22. The maximum atomic E-state index is 4.50. The second-order valence-electron chi connectivity index (χ2n) is 2.11. The standard InChI is InChI=1S/C8H6BrNS/c1-6-3-2-4-7(8(6)9)10-5-11/h2-4H,1H3. The normalized spacial score (nSPS) is 8.91. The molecule has 0 radical (unpaired) electrons. The van der Waals surface area contributed by atoms with E-state index in [9.17, 15) is 0 Å². The molecule has 0 saturated heterocycles. The van der Waals surface area contributed by atoms with Crippen LogP contribution in [0.25, 0.3) is 0 Å². The average molecular weight is 228 g/mol. The molecule has 1 aromatic rings.